The van der Waals surface area contributed by atoms with E-state index in [-0.39, 0.29) is 17.1 Å². The molecule has 0 unspecified atom stereocenters. The number of rotatable bonds is 2. The zero-order valence-corrected chi connectivity index (χ0v) is 8.79. The van der Waals surface area contributed by atoms with Gasteiger partial charge in [0.1, 0.15) is 0 Å². The van der Waals surface area contributed by atoms with Gasteiger partial charge < -0.3 is 24.7 Å². The topological polar surface area (TPSA) is 135 Å². The van der Waals surface area contributed by atoms with E-state index in [1.165, 1.54) is 0 Å². The second kappa shape index (κ2) is 3.88. The van der Waals surface area contributed by atoms with Crippen LogP contribution in [0.15, 0.2) is 0 Å². The van der Waals surface area contributed by atoms with Crippen LogP contribution in [-0.2, 0) is 26.2 Å². The van der Waals surface area contributed by atoms with Gasteiger partial charge in [-0.05, 0) is 6.92 Å². The van der Waals surface area contributed by atoms with Crippen LogP contribution in [0.25, 0.3) is 0 Å². The van der Waals surface area contributed by atoms with Crippen LogP contribution in [0.1, 0.15) is 6.92 Å². The van der Waals surface area contributed by atoms with E-state index < -0.39 is 20.3 Å². The molecule has 10 heteroatoms. The molecule has 0 heterocycles. The molecule has 0 rings (SSSR count). The number of hydrogen-bond donors (Lipinski definition) is 5. The summed E-state index contributed by atoms with van der Waals surface area (Å²) in [5.41, 5.74) is 0. The van der Waals surface area contributed by atoms with Gasteiger partial charge in [0.2, 0.25) is 0 Å². The Labute approximate surface area is 78.6 Å². The molecule has 0 amide bonds. The minimum atomic E-state index is -5.20. The van der Waals surface area contributed by atoms with Gasteiger partial charge in [0.05, 0.1) is 0 Å². The molecule has 5 N–H and O–H groups in total. The van der Waals surface area contributed by atoms with Crippen molar-refractivity contribution < 1.29 is 50.9 Å². The summed E-state index contributed by atoms with van der Waals surface area (Å²) in [7, 11) is -10.4. The van der Waals surface area contributed by atoms with Crippen molar-refractivity contribution in [1.82, 2.24) is 0 Å². The zero-order valence-electron chi connectivity index (χ0n) is 5.82. The molecule has 0 saturated heterocycles. The van der Waals surface area contributed by atoms with E-state index in [1.54, 1.807) is 0 Å². The summed E-state index contributed by atoms with van der Waals surface area (Å²) in [6.45, 7) is 0.383. The maximum atomic E-state index is 10.3. The van der Waals surface area contributed by atoms with E-state index >= 15 is 0 Å². The van der Waals surface area contributed by atoms with Crippen molar-refractivity contribution in [3.63, 3.8) is 0 Å². The van der Waals surface area contributed by atoms with Crippen molar-refractivity contribution in [2.45, 2.75) is 12.0 Å². The van der Waals surface area contributed by atoms with Gasteiger partial charge in [0.15, 0.2) is 0 Å². The summed E-state index contributed by atoms with van der Waals surface area (Å²) in [6, 6.07) is 0. The fourth-order valence-corrected chi connectivity index (χ4v) is 1.53. The molecule has 73 valence electrons. The molecular weight excluding hydrogens is 253 g/mol. The maximum absolute atomic E-state index is 10.3. The van der Waals surface area contributed by atoms with Gasteiger partial charge in [-0.2, -0.15) is 0 Å². The summed E-state index contributed by atoms with van der Waals surface area (Å²) < 4.78 is 20.5. The number of hydrogen-bond acceptors (Lipinski definition) is 3. The maximum Gasteiger partial charge on any atom is 2.00 e. The molecule has 0 saturated carbocycles. The smallest absolute Gasteiger partial charge is 0.368 e. The van der Waals surface area contributed by atoms with Crippen molar-refractivity contribution in [3.05, 3.63) is 0 Å². The molecule has 0 aromatic carbocycles. The Bertz CT molecular complexity index is 212. The zero-order chi connectivity index (χ0) is 9.50. The first-order chi connectivity index (χ1) is 4.50. The van der Waals surface area contributed by atoms with E-state index in [4.69, 9.17) is 24.7 Å². The van der Waals surface area contributed by atoms with Crippen LogP contribution in [0.3, 0.4) is 0 Å². The largest absolute Gasteiger partial charge is 2.00 e. The Hall–Kier alpha value is 0.779. The standard InChI is InChI=1S/C2H8O7P2.Mn/c1-2(3,10(4,5)6)11(7,8)9;/h3H,1H3,(H2,4,5,6)(H2,7,8,9);/q;+2. The third-order valence-corrected chi connectivity index (χ3v) is 4.87. The van der Waals surface area contributed by atoms with Crippen LogP contribution in [-0.4, -0.2) is 29.8 Å². The van der Waals surface area contributed by atoms with Crippen LogP contribution in [0.4, 0.5) is 0 Å². The summed E-state index contributed by atoms with van der Waals surface area (Å²) in [5, 5.41) is 5.37. The second-order valence-electron chi connectivity index (χ2n) is 2.06. The molecule has 0 aliphatic carbocycles. The van der Waals surface area contributed by atoms with Gasteiger partial charge in [0.25, 0.3) is 5.08 Å². The predicted octanol–water partition coefficient (Wildman–Crippen LogP) is -0.995. The normalized spacial score (nSPS) is 13.8. The van der Waals surface area contributed by atoms with E-state index in [2.05, 4.69) is 0 Å². The van der Waals surface area contributed by atoms with Gasteiger partial charge in [-0.25, -0.2) is 0 Å². The van der Waals surface area contributed by atoms with Crippen LogP contribution in [0.5, 0.6) is 0 Å². The van der Waals surface area contributed by atoms with Gasteiger partial charge >= 0.3 is 32.3 Å². The summed E-state index contributed by atoms with van der Waals surface area (Å²) in [6.07, 6.45) is 0. The monoisotopic (exact) mass is 261 g/mol. The average Bonchev–Trinajstić information content (AvgIpc) is 1.58. The first-order valence-electron chi connectivity index (χ1n) is 2.34. The molecule has 0 spiro atoms. The molecule has 0 atom stereocenters. The van der Waals surface area contributed by atoms with Crippen molar-refractivity contribution in [1.29, 1.82) is 0 Å². The Morgan fingerprint density at radius 2 is 1.17 bits per heavy atom. The van der Waals surface area contributed by atoms with Gasteiger partial charge in [-0.15, -0.1) is 0 Å². The second-order valence-corrected chi connectivity index (χ2v) is 6.33. The van der Waals surface area contributed by atoms with E-state index in [0.717, 1.165) is 0 Å². The summed E-state index contributed by atoms with van der Waals surface area (Å²) >= 11 is 0. The van der Waals surface area contributed by atoms with E-state index in [1.807, 2.05) is 0 Å². The third kappa shape index (κ3) is 2.92. The Kier molecular flexibility index (Phi) is 4.94. The molecule has 7 nitrogen and oxygen atoms in total. The van der Waals surface area contributed by atoms with Crippen molar-refractivity contribution >= 4 is 15.2 Å². The predicted molar refractivity (Wildman–Crippen MR) is 34.7 cm³/mol. The summed E-state index contributed by atoms with van der Waals surface area (Å²) in [5.74, 6) is 0. The Balaban J connectivity index is 0. The minimum absolute atomic E-state index is 0. The van der Waals surface area contributed by atoms with E-state index in [0.29, 0.717) is 6.92 Å². The quantitative estimate of drug-likeness (QED) is 0.318. The van der Waals surface area contributed by atoms with Gasteiger partial charge in [-0.1, -0.05) is 0 Å². The van der Waals surface area contributed by atoms with Crippen molar-refractivity contribution in [3.8, 4) is 0 Å². The third-order valence-electron chi connectivity index (χ3n) is 1.10. The molecule has 0 aliphatic heterocycles. The Morgan fingerprint density at radius 1 is 1.00 bits per heavy atom. The number of aliphatic hydroxyl groups is 1. The van der Waals surface area contributed by atoms with Crippen molar-refractivity contribution in [2.24, 2.45) is 0 Å². The molecule has 1 radical (unpaired) electrons. The van der Waals surface area contributed by atoms with Crippen LogP contribution >= 0.6 is 15.2 Å². The molecule has 12 heavy (non-hydrogen) atoms. The van der Waals surface area contributed by atoms with Crippen LogP contribution in [0.2, 0.25) is 0 Å². The first kappa shape index (κ1) is 15.3. The molecule has 0 aromatic rings. The first-order valence-corrected chi connectivity index (χ1v) is 5.56. The minimum Gasteiger partial charge on any atom is -0.368 e. The molecule has 0 bridgehead atoms. The SMILES string of the molecule is CC(O)(P(=O)(O)O)P(=O)(O)O.[Mn+2]. The van der Waals surface area contributed by atoms with Gasteiger partial charge in [-0.3, -0.25) is 9.13 Å². The van der Waals surface area contributed by atoms with Crippen LogP contribution in [0, 0.1) is 0 Å². The summed E-state index contributed by atoms with van der Waals surface area (Å²) in [4.78, 5) is 33.0. The molecule has 0 aliphatic rings. The molecular formula is C2H8MnO7P2+2. The fraction of sp³-hybridized carbons (Fsp3) is 1.00. The Morgan fingerprint density at radius 3 is 1.17 bits per heavy atom. The van der Waals surface area contributed by atoms with Crippen molar-refractivity contribution in [2.75, 3.05) is 0 Å². The van der Waals surface area contributed by atoms with Crippen LogP contribution < -0.4 is 0 Å². The van der Waals surface area contributed by atoms with E-state index in [9.17, 15) is 9.13 Å². The molecule has 0 aromatic heterocycles. The van der Waals surface area contributed by atoms with Gasteiger partial charge in [0, 0.05) is 0 Å². The fourth-order valence-electron chi connectivity index (χ4n) is 0.170. The average molecular weight is 261 g/mol. The molecule has 0 fully saturated rings.